The van der Waals surface area contributed by atoms with Gasteiger partial charge in [0, 0.05) is 24.1 Å². The van der Waals surface area contributed by atoms with Gasteiger partial charge in [0.2, 0.25) is 5.91 Å². The van der Waals surface area contributed by atoms with Gasteiger partial charge in [0.1, 0.15) is 24.2 Å². The molecule has 0 radical (unpaired) electrons. The SMILES string of the molecule is O=C(NC(Cc1ccc(O)cc1)C(=O)N1CCC=C2OCC(=O)C21)c1ccc(-c2cnco2)cc1. The van der Waals surface area contributed by atoms with E-state index in [4.69, 9.17) is 9.15 Å². The lowest BCUT2D eigenvalue weighted by molar-refractivity contribution is -0.139. The summed E-state index contributed by atoms with van der Waals surface area (Å²) >= 11 is 0. The number of aromatic hydroxyl groups is 1. The van der Waals surface area contributed by atoms with Gasteiger partial charge in [-0.15, -0.1) is 0 Å². The van der Waals surface area contributed by atoms with Crippen LogP contribution in [0.2, 0.25) is 0 Å². The topological polar surface area (TPSA) is 122 Å². The number of phenols is 1. The molecule has 0 spiro atoms. The van der Waals surface area contributed by atoms with Crippen molar-refractivity contribution >= 4 is 17.6 Å². The van der Waals surface area contributed by atoms with Gasteiger partial charge in [-0.3, -0.25) is 14.4 Å². The standard InChI is InChI=1S/C26H23N3O6/c30-19-9-3-16(4-10-19)12-20(26(33)29-11-1-2-22-24(29)21(31)14-34-22)28-25(32)18-7-5-17(6-8-18)23-13-27-15-35-23/h2-10,13,15,20,24,30H,1,11-12,14H2,(H,28,32). The zero-order valence-corrected chi connectivity index (χ0v) is 18.7. The van der Waals surface area contributed by atoms with Crippen LogP contribution in [0.1, 0.15) is 22.3 Å². The highest BCUT2D eigenvalue weighted by atomic mass is 16.5. The van der Waals surface area contributed by atoms with Crippen LogP contribution in [0.4, 0.5) is 0 Å². The van der Waals surface area contributed by atoms with Crippen LogP contribution in [0.5, 0.6) is 5.75 Å². The van der Waals surface area contributed by atoms with Crippen LogP contribution in [-0.2, 0) is 20.7 Å². The average molecular weight is 473 g/mol. The van der Waals surface area contributed by atoms with Gasteiger partial charge >= 0.3 is 0 Å². The van der Waals surface area contributed by atoms with E-state index in [1.54, 1.807) is 42.6 Å². The first-order valence-corrected chi connectivity index (χ1v) is 11.2. The zero-order valence-electron chi connectivity index (χ0n) is 18.7. The van der Waals surface area contributed by atoms with Gasteiger partial charge in [-0.25, -0.2) is 4.98 Å². The molecule has 2 N–H and O–H groups in total. The van der Waals surface area contributed by atoms with Gasteiger partial charge in [0.15, 0.2) is 24.0 Å². The van der Waals surface area contributed by atoms with Crippen molar-refractivity contribution < 1.29 is 28.6 Å². The molecule has 35 heavy (non-hydrogen) atoms. The molecule has 3 heterocycles. The molecule has 5 rings (SSSR count). The van der Waals surface area contributed by atoms with Crippen molar-refractivity contribution in [1.29, 1.82) is 0 Å². The van der Waals surface area contributed by atoms with E-state index in [1.807, 2.05) is 6.08 Å². The molecule has 9 heteroatoms. The number of hydrogen-bond acceptors (Lipinski definition) is 7. The van der Waals surface area contributed by atoms with Gasteiger partial charge in [0.25, 0.3) is 5.91 Å². The second-order valence-electron chi connectivity index (χ2n) is 8.42. The van der Waals surface area contributed by atoms with Crippen molar-refractivity contribution in [2.24, 2.45) is 0 Å². The predicted octanol–water partition coefficient (Wildman–Crippen LogP) is 2.47. The first-order chi connectivity index (χ1) is 17.0. The monoisotopic (exact) mass is 473 g/mol. The van der Waals surface area contributed by atoms with Crippen LogP contribution in [0.15, 0.2) is 77.4 Å². The molecule has 2 aromatic carbocycles. The highest BCUT2D eigenvalue weighted by Crippen LogP contribution is 2.27. The molecule has 2 atom stereocenters. The molecule has 1 fully saturated rings. The first kappa shape index (κ1) is 22.4. The number of carbonyl (C=O) groups is 3. The maximum Gasteiger partial charge on any atom is 0.251 e. The molecule has 9 nitrogen and oxygen atoms in total. The summed E-state index contributed by atoms with van der Waals surface area (Å²) in [7, 11) is 0. The van der Waals surface area contributed by atoms with Crippen LogP contribution in [-0.4, -0.2) is 57.8 Å². The van der Waals surface area contributed by atoms with Crippen LogP contribution in [0.3, 0.4) is 0 Å². The lowest BCUT2D eigenvalue weighted by Gasteiger charge is -2.33. The number of hydrogen-bond donors (Lipinski definition) is 2. The molecule has 0 bridgehead atoms. The van der Waals surface area contributed by atoms with Crippen molar-refractivity contribution in [3.8, 4) is 17.1 Å². The summed E-state index contributed by atoms with van der Waals surface area (Å²) in [5, 5.41) is 12.5. The molecular weight excluding hydrogens is 450 g/mol. The Balaban J connectivity index is 1.38. The number of ether oxygens (including phenoxy) is 1. The van der Waals surface area contributed by atoms with E-state index in [2.05, 4.69) is 10.3 Å². The number of nitrogens with zero attached hydrogens (tertiary/aromatic N) is 2. The molecule has 0 saturated carbocycles. The van der Waals surface area contributed by atoms with E-state index in [0.717, 1.165) is 11.1 Å². The van der Waals surface area contributed by atoms with E-state index in [0.29, 0.717) is 30.0 Å². The quantitative estimate of drug-likeness (QED) is 0.564. The molecule has 2 aliphatic heterocycles. The Hall–Kier alpha value is -4.40. The molecular formula is C26H23N3O6. The predicted molar refractivity (Wildman–Crippen MR) is 124 cm³/mol. The van der Waals surface area contributed by atoms with Crippen LogP contribution >= 0.6 is 0 Å². The molecule has 2 amide bonds. The van der Waals surface area contributed by atoms with Gasteiger partial charge < -0.3 is 24.5 Å². The minimum atomic E-state index is -0.922. The van der Waals surface area contributed by atoms with Gasteiger partial charge in [-0.05, 0) is 42.3 Å². The molecule has 2 unspecified atom stereocenters. The maximum absolute atomic E-state index is 13.6. The Bertz CT molecular complexity index is 1270. The number of benzene rings is 2. The fourth-order valence-corrected chi connectivity index (χ4v) is 4.34. The van der Waals surface area contributed by atoms with Crippen LogP contribution in [0.25, 0.3) is 11.3 Å². The Morgan fingerprint density at radius 2 is 1.91 bits per heavy atom. The third-order valence-corrected chi connectivity index (χ3v) is 6.11. The Kier molecular flexibility index (Phi) is 6.05. The summed E-state index contributed by atoms with van der Waals surface area (Å²) in [6, 6.07) is 11.5. The third kappa shape index (κ3) is 4.65. The van der Waals surface area contributed by atoms with Crippen molar-refractivity contribution in [1.82, 2.24) is 15.2 Å². The third-order valence-electron chi connectivity index (χ3n) is 6.11. The summed E-state index contributed by atoms with van der Waals surface area (Å²) < 4.78 is 10.7. The molecule has 2 aliphatic rings. The number of Topliss-reactive ketones (excluding diaryl/α,β-unsaturated/α-hetero) is 1. The maximum atomic E-state index is 13.6. The Labute approximate surface area is 201 Å². The number of nitrogens with one attached hydrogen (secondary N) is 1. The summed E-state index contributed by atoms with van der Waals surface area (Å²) in [5.74, 6) is 0.211. The summed E-state index contributed by atoms with van der Waals surface area (Å²) in [6.45, 7) is 0.294. The van der Waals surface area contributed by atoms with Crippen molar-refractivity contribution in [3.05, 3.63) is 84.1 Å². The minimum absolute atomic E-state index is 0.0627. The van der Waals surface area contributed by atoms with Crippen molar-refractivity contribution in [2.75, 3.05) is 13.2 Å². The number of carbonyl (C=O) groups excluding carboxylic acids is 3. The molecule has 178 valence electrons. The number of aromatic nitrogens is 1. The highest BCUT2D eigenvalue weighted by molar-refractivity contribution is 6.00. The fraction of sp³-hybridized carbons (Fsp3) is 0.231. The second-order valence-corrected chi connectivity index (χ2v) is 8.42. The summed E-state index contributed by atoms with van der Waals surface area (Å²) in [6.07, 6.45) is 5.50. The number of phenolic OH excluding ortho intramolecular Hbond substituents is 1. The van der Waals surface area contributed by atoms with Gasteiger partial charge in [-0.1, -0.05) is 24.3 Å². The smallest absolute Gasteiger partial charge is 0.251 e. The van der Waals surface area contributed by atoms with Crippen molar-refractivity contribution in [3.63, 3.8) is 0 Å². The van der Waals surface area contributed by atoms with E-state index in [-0.39, 0.29) is 30.5 Å². The fourth-order valence-electron chi connectivity index (χ4n) is 4.34. The second kappa shape index (κ2) is 9.46. The van der Waals surface area contributed by atoms with Crippen LogP contribution < -0.4 is 5.32 Å². The largest absolute Gasteiger partial charge is 0.508 e. The van der Waals surface area contributed by atoms with E-state index >= 15 is 0 Å². The first-order valence-electron chi connectivity index (χ1n) is 11.2. The minimum Gasteiger partial charge on any atom is -0.508 e. The van der Waals surface area contributed by atoms with E-state index < -0.39 is 18.0 Å². The molecule has 3 aromatic rings. The molecule has 0 aliphatic carbocycles. The van der Waals surface area contributed by atoms with Gasteiger partial charge in [0.05, 0.1) is 6.20 Å². The Morgan fingerprint density at radius 1 is 1.14 bits per heavy atom. The number of rotatable bonds is 6. The summed E-state index contributed by atoms with van der Waals surface area (Å²) in [4.78, 5) is 44.6. The lowest BCUT2D eigenvalue weighted by Crippen LogP contribution is -2.55. The average Bonchev–Trinajstić information content (AvgIpc) is 3.55. The Morgan fingerprint density at radius 3 is 2.63 bits per heavy atom. The molecule has 1 aromatic heterocycles. The number of oxazole rings is 1. The number of fused-ring (bicyclic) bond motifs is 1. The zero-order chi connectivity index (χ0) is 24.4. The normalized spacial score (nSPS) is 17.8. The number of ketones is 1. The lowest BCUT2D eigenvalue weighted by atomic mass is 10.00. The van der Waals surface area contributed by atoms with E-state index in [1.165, 1.54) is 23.4 Å². The van der Waals surface area contributed by atoms with Gasteiger partial charge in [-0.2, -0.15) is 0 Å². The van der Waals surface area contributed by atoms with Crippen LogP contribution in [0, 0.1) is 0 Å². The van der Waals surface area contributed by atoms with Crippen molar-refractivity contribution in [2.45, 2.75) is 24.9 Å². The summed E-state index contributed by atoms with van der Waals surface area (Å²) in [5.41, 5.74) is 1.89. The molecule has 1 saturated heterocycles. The van der Waals surface area contributed by atoms with E-state index in [9.17, 15) is 19.5 Å². The highest BCUT2D eigenvalue weighted by Gasteiger charge is 2.42. The number of amides is 2.